The van der Waals surface area contributed by atoms with Crippen LogP contribution in [0.2, 0.25) is 0 Å². The van der Waals surface area contributed by atoms with Gasteiger partial charge in [-0.2, -0.15) is 4.98 Å². The summed E-state index contributed by atoms with van der Waals surface area (Å²) in [6.45, 7) is 15.1. The maximum atomic E-state index is 14.6. The summed E-state index contributed by atoms with van der Waals surface area (Å²) in [4.78, 5) is 90.6. The fourth-order valence-corrected chi connectivity index (χ4v) is 9.25. The van der Waals surface area contributed by atoms with E-state index in [-0.39, 0.29) is 54.3 Å². The van der Waals surface area contributed by atoms with Gasteiger partial charge in [-0.3, -0.25) is 29.5 Å². The summed E-state index contributed by atoms with van der Waals surface area (Å²) >= 11 is 0. The Hall–Kier alpha value is -6.05. The van der Waals surface area contributed by atoms with Crippen molar-refractivity contribution in [2.24, 2.45) is 23.7 Å². The van der Waals surface area contributed by atoms with Crippen molar-refractivity contribution in [2.75, 3.05) is 46.0 Å². The summed E-state index contributed by atoms with van der Waals surface area (Å²) in [5.41, 5.74) is 9.82. The number of hydrogen-bond donors (Lipinski definition) is 5. The van der Waals surface area contributed by atoms with Crippen molar-refractivity contribution < 1.29 is 43.3 Å². The van der Waals surface area contributed by atoms with Crippen LogP contribution in [0.15, 0.2) is 71.7 Å². The molecule has 0 spiro atoms. The van der Waals surface area contributed by atoms with Gasteiger partial charge in [0.1, 0.15) is 24.5 Å². The molecule has 1 aliphatic heterocycles. The molecule has 3 aromatic rings. The lowest BCUT2D eigenvalue weighted by molar-refractivity contribution is -0.148. The van der Waals surface area contributed by atoms with Gasteiger partial charge in [-0.25, -0.2) is 14.3 Å². The average Bonchev–Trinajstić information content (AvgIpc) is 3.82. The number of methoxy groups -OCH3 is 2. The first-order valence-corrected chi connectivity index (χ1v) is 24.2. The van der Waals surface area contributed by atoms with Crippen molar-refractivity contribution in [1.29, 1.82) is 0 Å². The number of carbonyl (C=O) groups is 5. The zero-order valence-electron chi connectivity index (χ0n) is 43.0. The van der Waals surface area contributed by atoms with E-state index in [1.807, 2.05) is 45.9 Å². The summed E-state index contributed by atoms with van der Waals surface area (Å²) in [5.74, 6) is -2.83. The first-order valence-electron chi connectivity index (χ1n) is 24.2. The van der Waals surface area contributed by atoms with Crippen molar-refractivity contribution in [3.05, 3.63) is 88.5 Å². The molecule has 1 saturated heterocycles. The molecule has 19 heteroatoms. The number of carbonyl (C=O) groups excluding carboxylic acids is 5. The number of nitrogens with zero attached hydrogens (tertiary/aromatic N) is 5. The summed E-state index contributed by atoms with van der Waals surface area (Å²) < 4.78 is 18.8. The van der Waals surface area contributed by atoms with Crippen molar-refractivity contribution in [1.82, 2.24) is 35.0 Å². The number of aliphatic hydroxyl groups excluding tert-OH is 1. The molecule has 0 aliphatic carbocycles. The number of anilines is 2. The molecule has 1 fully saturated rings. The summed E-state index contributed by atoms with van der Waals surface area (Å²) in [6.07, 6.45) is 0.369. The molecule has 0 saturated carbocycles. The van der Waals surface area contributed by atoms with Gasteiger partial charge >= 0.3 is 11.8 Å². The SMILES string of the molecule is CC[C@H](C)C(C(CC(=O)N1CCC[C@H]1[C@H](OC)[C@@H](C)C(=O)N[C@H](C)[C@@H](O)c1ccccc1)OC)N(C)C(=O)[C@@H](NC(=O)C(C(C)C)N(C)C(=O)OCc1ccc(Nn2ccc(N)nc2=O)cc1)C(C)C. The second-order valence-corrected chi connectivity index (χ2v) is 19.1. The van der Waals surface area contributed by atoms with E-state index < -0.39 is 72.1 Å². The van der Waals surface area contributed by atoms with Crippen LogP contribution < -0.4 is 27.5 Å². The number of aromatic nitrogens is 2. The zero-order chi connectivity index (χ0) is 52.0. The number of aliphatic hydroxyl groups is 1. The molecule has 4 rings (SSSR count). The number of amides is 5. The van der Waals surface area contributed by atoms with Crippen LogP contribution in [-0.4, -0.2) is 136 Å². The second-order valence-electron chi connectivity index (χ2n) is 19.1. The lowest BCUT2D eigenvalue weighted by Gasteiger charge is -2.41. The number of nitrogens with two attached hydrogens (primary N) is 1. The summed E-state index contributed by atoms with van der Waals surface area (Å²) in [6, 6.07) is 13.9. The van der Waals surface area contributed by atoms with E-state index in [0.717, 1.165) is 0 Å². The van der Waals surface area contributed by atoms with Gasteiger partial charge in [0.2, 0.25) is 23.6 Å². The highest BCUT2D eigenvalue weighted by molar-refractivity contribution is 5.92. The molecule has 19 nitrogen and oxygen atoms in total. The monoisotopic (exact) mass is 976 g/mol. The quantitative estimate of drug-likeness (QED) is 0.0827. The predicted octanol–water partition coefficient (Wildman–Crippen LogP) is 4.59. The van der Waals surface area contributed by atoms with Crippen LogP contribution >= 0.6 is 0 Å². The average molecular weight is 976 g/mol. The Morgan fingerprint density at radius 1 is 0.871 bits per heavy atom. The normalized spacial score (nSPS) is 17.6. The maximum Gasteiger partial charge on any atom is 0.410 e. The molecule has 70 heavy (non-hydrogen) atoms. The first-order chi connectivity index (χ1) is 33.1. The van der Waals surface area contributed by atoms with Gasteiger partial charge in [-0.15, -0.1) is 0 Å². The molecule has 1 aliphatic rings. The number of likely N-dealkylation sites (N-methyl/N-ethyl adjacent to an activating group) is 2. The third-order valence-corrected chi connectivity index (χ3v) is 13.5. The lowest BCUT2D eigenvalue weighted by atomic mass is 9.89. The van der Waals surface area contributed by atoms with E-state index in [4.69, 9.17) is 19.9 Å². The minimum Gasteiger partial charge on any atom is -0.445 e. The molecular formula is C51H77N9O10. The maximum absolute atomic E-state index is 14.6. The highest BCUT2D eigenvalue weighted by Gasteiger charge is 2.44. The van der Waals surface area contributed by atoms with Crippen molar-refractivity contribution >= 4 is 41.2 Å². The van der Waals surface area contributed by atoms with Crippen LogP contribution in [0.25, 0.3) is 0 Å². The van der Waals surface area contributed by atoms with Crippen LogP contribution in [0, 0.1) is 23.7 Å². The molecule has 2 heterocycles. The highest BCUT2D eigenvalue weighted by atomic mass is 16.6. The molecule has 0 radical (unpaired) electrons. The number of hydrogen-bond acceptors (Lipinski definition) is 13. The highest BCUT2D eigenvalue weighted by Crippen LogP contribution is 2.30. The molecular weight excluding hydrogens is 899 g/mol. The van der Waals surface area contributed by atoms with Crippen LogP contribution in [0.3, 0.4) is 0 Å². The van der Waals surface area contributed by atoms with Gasteiger partial charge in [-0.1, -0.05) is 97.4 Å². The third kappa shape index (κ3) is 14.5. The van der Waals surface area contributed by atoms with Gasteiger partial charge in [0, 0.05) is 41.1 Å². The molecule has 6 N–H and O–H groups in total. The smallest absolute Gasteiger partial charge is 0.410 e. The number of rotatable bonds is 24. The largest absolute Gasteiger partial charge is 0.445 e. The fourth-order valence-electron chi connectivity index (χ4n) is 9.25. The summed E-state index contributed by atoms with van der Waals surface area (Å²) in [5, 5.41) is 16.8. The van der Waals surface area contributed by atoms with E-state index in [9.17, 15) is 33.9 Å². The van der Waals surface area contributed by atoms with E-state index in [1.54, 1.807) is 80.9 Å². The van der Waals surface area contributed by atoms with E-state index in [1.165, 1.54) is 43.1 Å². The molecule has 2 aromatic carbocycles. The van der Waals surface area contributed by atoms with Gasteiger partial charge in [0.25, 0.3) is 0 Å². The number of likely N-dealkylation sites (tertiary alicyclic amines) is 1. The Kier molecular flexibility index (Phi) is 21.2. The minimum absolute atomic E-state index is 0.0539. The van der Waals surface area contributed by atoms with Gasteiger partial charge < -0.3 is 45.5 Å². The third-order valence-electron chi connectivity index (χ3n) is 13.5. The Morgan fingerprint density at radius 3 is 2.10 bits per heavy atom. The van der Waals surface area contributed by atoms with Crippen molar-refractivity contribution in [3.8, 4) is 0 Å². The molecule has 10 atom stereocenters. The molecule has 3 unspecified atom stereocenters. The van der Waals surface area contributed by atoms with E-state index in [0.29, 0.717) is 42.6 Å². The summed E-state index contributed by atoms with van der Waals surface area (Å²) in [7, 11) is 6.18. The standard InChI is InChI=1S/C51H77N9O10/c1-13-32(6)44(39(68-11)28-41(61)59-26-17-20-38(59)46(69-12)33(7)47(63)53-34(8)45(62)36-18-15-14-16-19-36)57(9)49(65)42(30(2)3)55-48(64)43(31(4)5)58(10)51(67)70-29-35-21-23-37(24-22-35)56-60-27-25-40(52)54-50(60)66/h14-16,18-19,21-25,27,30-34,38-39,42-46,56,62H,13,17,20,26,28-29H2,1-12H3,(H,53,63)(H,55,64)(H2,52,54,66)/t32-,33+,34+,38-,39?,42-,43?,44?,45+,46+/m0/s1. The molecule has 1 aromatic heterocycles. The Bertz CT molecular complexity index is 2240. The predicted molar refractivity (Wildman–Crippen MR) is 267 cm³/mol. The van der Waals surface area contributed by atoms with Crippen LogP contribution in [0.4, 0.5) is 16.3 Å². The minimum atomic E-state index is -0.998. The van der Waals surface area contributed by atoms with E-state index >= 15 is 0 Å². The van der Waals surface area contributed by atoms with Gasteiger partial charge in [0.15, 0.2) is 0 Å². The van der Waals surface area contributed by atoms with E-state index in [2.05, 4.69) is 21.0 Å². The fraction of sp³-hybridized carbons (Fsp3) is 0.588. The van der Waals surface area contributed by atoms with Crippen molar-refractivity contribution in [3.63, 3.8) is 0 Å². The van der Waals surface area contributed by atoms with Gasteiger partial charge in [-0.05, 0) is 66.8 Å². The van der Waals surface area contributed by atoms with Crippen molar-refractivity contribution in [2.45, 2.75) is 136 Å². The zero-order valence-corrected chi connectivity index (χ0v) is 43.0. The topological polar surface area (TPSA) is 240 Å². The number of nitrogens with one attached hydrogen (secondary N) is 3. The molecule has 386 valence electrons. The molecule has 0 bridgehead atoms. The Labute approximate surface area is 412 Å². The second kappa shape index (κ2) is 26.2. The number of nitrogen functional groups attached to an aromatic ring is 1. The first kappa shape index (κ1) is 56.5. The Morgan fingerprint density at radius 2 is 1.53 bits per heavy atom. The number of benzene rings is 2. The Balaban J connectivity index is 1.42. The van der Waals surface area contributed by atoms with Gasteiger partial charge in [0.05, 0.1) is 54.5 Å². The van der Waals surface area contributed by atoms with Crippen LogP contribution in [0.5, 0.6) is 0 Å². The lowest BCUT2D eigenvalue weighted by Crippen LogP contribution is -2.60. The van der Waals surface area contributed by atoms with Crippen LogP contribution in [-0.2, 0) is 40.0 Å². The number of ether oxygens (including phenoxy) is 3. The van der Waals surface area contributed by atoms with Crippen LogP contribution in [0.1, 0.15) is 98.3 Å². The molecule has 5 amide bonds.